The van der Waals surface area contributed by atoms with Gasteiger partial charge in [-0.2, -0.15) is 0 Å². The summed E-state index contributed by atoms with van der Waals surface area (Å²) in [4.78, 5) is 28.5. The van der Waals surface area contributed by atoms with Crippen molar-refractivity contribution in [2.24, 2.45) is 0 Å². The van der Waals surface area contributed by atoms with Crippen LogP contribution >= 0.6 is 11.8 Å². The Labute approximate surface area is 160 Å². The Hall–Kier alpha value is -3.13. The fraction of sp³-hybridized carbons (Fsp3) is 0.158. The molecular weight excluding hydrogens is 366 g/mol. The van der Waals surface area contributed by atoms with Crippen LogP contribution in [0.2, 0.25) is 0 Å². The summed E-state index contributed by atoms with van der Waals surface area (Å²) in [6.07, 6.45) is 1.84. The molecular formula is C19H17N3O4S. The second kappa shape index (κ2) is 7.63. The second-order valence-electron chi connectivity index (χ2n) is 5.84. The SMILES string of the molecule is CSc1ccc([N+](=O)[O-])c(C(=O)Nc2cccc(-c3nc(C)c(C)o3)c2)c1. The van der Waals surface area contributed by atoms with E-state index in [9.17, 15) is 14.9 Å². The number of anilines is 1. The number of rotatable bonds is 5. The van der Waals surface area contributed by atoms with Crippen LogP contribution in [0.25, 0.3) is 11.5 Å². The smallest absolute Gasteiger partial charge is 0.282 e. The lowest BCUT2D eigenvalue weighted by molar-refractivity contribution is -0.385. The number of nitro groups is 1. The Bertz CT molecular complexity index is 1010. The predicted octanol–water partition coefficient (Wildman–Crippen LogP) is 4.84. The first-order valence-electron chi connectivity index (χ1n) is 8.07. The van der Waals surface area contributed by atoms with E-state index in [0.717, 1.165) is 16.3 Å². The lowest BCUT2D eigenvalue weighted by atomic mass is 10.1. The molecule has 0 aliphatic carbocycles. The summed E-state index contributed by atoms with van der Waals surface area (Å²) >= 11 is 1.41. The number of hydrogen-bond acceptors (Lipinski definition) is 6. The molecule has 3 aromatic rings. The Morgan fingerprint density at radius 3 is 2.63 bits per heavy atom. The topological polar surface area (TPSA) is 98.3 Å². The zero-order chi connectivity index (χ0) is 19.6. The van der Waals surface area contributed by atoms with Crippen LogP contribution in [0.15, 0.2) is 51.8 Å². The third-order valence-corrected chi connectivity index (χ3v) is 4.77. The Morgan fingerprint density at radius 1 is 1.22 bits per heavy atom. The molecule has 138 valence electrons. The van der Waals surface area contributed by atoms with Crippen LogP contribution in [0, 0.1) is 24.0 Å². The van der Waals surface area contributed by atoms with Gasteiger partial charge in [0.1, 0.15) is 11.3 Å². The summed E-state index contributed by atoms with van der Waals surface area (Å²) in [6.45, 7) is 3.68. The molecule has 1 aromatic heterocycles. The molecule has 1 amide bonds. The van der Waals surface area contributed by atoms with Gasteiger partial charge in [-0.25, -0.2) is 4.98 Å². The number of hydrogen-bond donors (Lipinski definition) is 1. The van der Waals surface area contributed by atoms with Crippen molar-refractivity contribution < 1.29 is 14.1 Å². The van der Waals surface area contributed by atoms with Crippen LogP contribution in [-0.2, 0) is 0 Å². The molecule has 1 heterocycles. The van der Waals surface area contributed by atoms with Gasteiger partial charge < -0.3 is 9.73 Å². The number of aromatic nitrogens is 1. The average molecular weight is 383 g/mol. The minimum Gasteiger partial charge on any atom is -0.441 e. The minimum atomic E-state index is -0.562. The first-order chi connectivity index (χ1) is 12.9. The lowest BCUT2D eigenvalue weighted by Gasteiger charge is -2.08. The predicted molar refractivity (Wildman–Crippen MR) is 104 cm³/mol. The second-order valence-corrected chi connectivity index (χ2v) is 6.72. The monoisotopic (exact) mass is 383 g/mol. The Morgan fingerprint density at radius 2 is 2.00 bits per heavy atom. The van der Waals surface area contributed by atoms with Gasteiger partial charge in [-0.05, 0) is 50.4 Å². The molecule has 2 aromatic carbocycles. The van der Waals surface area contributed by atoms with Gasteiger partial charge in [0.15, 0.2) is 0 Å². The molecule has 0 aliphatic rings. The average Bonchev–Trinajstić information content (AvgIpc) is 3.00. The summed E-state index contributed by atoms with van der Waals surface area (Å²) in [5, 5.41) is 14.0. The Balaban J connectivity index is 1.91. The van der Waals surface area contributed by atoms with Gasteiger partial charge in [-0.3, -0.25) is 14.9 Å². The number of aryl methyl sites for hydroxylation is 2. The summed E-state index contributed by atoms with van der Waals surface area (Å²) in [6, 6.07) is 11.5. The van der Waals surface area contributed by atoms with Gasteiger partial charge in [0.05, 0.1) is 10.6 Å². The lowest BCUT2D eigenvalue weighted by Crippen LogP contribution is -2.14. The molecule has 1 N–H and O–H groups in total. The molecule has 0 atom stereocenters. The highest BCUT2D eigenvalue weighted by Gasteiger charge is 2.21. The van der Waals surface area contributed by atoms with E-state index in [1.165, 1.54) is 23.9 Å². The molecule has 0 saturated carbocycles. The molecule has 0 fully saturated rings. The standard InChI is InChI=1S/C19H17N3O4S/c1-11-12(2)26-19(20-11)13-5-4-6-14(9-13)21-18(23)16-10-15(27-3)7-8-17(16)22(24)25/h4-10H,1-3H3,(H,21,23). The summed E-state index contributed by atoms with van der Waals surface area (Å²) < 4.78 is 5.61. The van der Waals surface area contributed by atoms with Crippen LogP contribution in [0.5, 0.6) is 0 Å². The Kier molecular flexibility index (Phi) is 5.27. The van der Waals surface area contributed by atoms with E-state index in [0.29, 0.717) is 17.1 Å². The number of thioether (sulfide) groups is 1. The molecule has 27 heavy (non-hydrogen) atoms. The number of nitrogens with zero attached hydrogens (tertiary/aromatic N) is 2. The molecule has 0 bridgehead atoms. The summed E-state index contributed by atoms with van der Waals surface area (Å²) in [5.74, 6) is 0.634. The molecule has 0 aliphatic heterocycles. The van der Waals surface area contributed by atoms with E-state index >= 15 is 0 Å². The number of oxazole rings is 1. The maximum atomic E-state index is 12.6. The van der Waals surface area contributed by atoms with E-state index < -0.39 is 10.8 Å². The van der Waals surface area contributed by atoms with Crippen LogP contribution in [-0.4, -0.2) is 22.1 Å². The number of carbonyl (C=O) groups excluding carboxylic acids is 1. The van der Waals surface area contributed by atoms with Gasteiger partial charge in [0.2, 0.25) is 5.89 Å². The van der Waals surface area contributed by atoms with E-state index in [1.54, 1.807) is 24.3 Å². The zero-order valence-electron chi connectivity index (χ0n) is 15.0. The highest BCUT2D eigenvalue weighted by Crippen LogP contribution is 2.27. The summed E-state index contributed by atoms with van der Waals surface area (Å²) in [5.41, 5.74) is 1.77. The van der Waals surface area contributed by atoms with Gasteiger partial charge in [-0.1, -0.05) is 6.07 Å². The quantitative estimate of drug-likeness (QED) is 0.384. The van der Waals surface area contributed by atoms with Crippen molar-refractivity contribution in [3.8, 4) is 11.5 Å². The fourth-order valence-electron chi connectivity index (χ4n) is 2.51. The number of nitro benzene ring substituents is 1. The largest absolute Gasteiger partial charge is 0.441 e. The van der Waals surface area contributed by atoms with Gasteiger partial charge in [0, 0.05) is 22.2 Å². The summed E-state index contributed by atoms with van der Waals surface area (Å²) in [7, 11) is 0. The molecule has 0 spiro atoms. The normalized spacial score (nSPS) is 10.6. The van der Waals surface area contributed by atoms with Gasteiger partial charge in [0.25, 0.3) is 11.6 Å². The van der Waals surface area contributed by atoms with Crippen molar-refractivity contribution in [1.82, 2.24) is 4.98 Å². The van der Waals surface area contributed by atoms with Crippen molar-refractivity contribution >= 4 is 29.0 Å². The van der Waals surface area contributed by atoms with Crippen molar-refractivity contribution in [3.05, 3.63) is 69.6 Å². The first-order valence-corrected chi connectivity index (χ1v) is 9.29. The van der Waals surface area contributed by atoms with Crippen molar-refractivity contribution in [3.63, 3.8) is 0 Å². The molecule has 0 radical (unpaired) electrons. The van der Waals surface area contributed by atoms with Crippen LogP contribution in [0.3, 0.4) is 0 Å². The zero-order valence-corrected chi connectivity index (χ0v) is 15.8. The molecule has 3 rings (SSSR count). The van der Waals surface area contributed by atoms with E-state index in [4.69, 9.17) is 4.42 Å². The number of amides is 1. The first kappa shape index (κ1) is 18.7. The van der Waals surface area contributed by atoms with Crippen LogP contribution in [0.4, 0.5) is 11.4 Å². The maximum absolute atomic E-state index is 12.6. The molecule has 8 heteroatoms. The number of nitrogens with one attached hydrogen (secondary N) is 1. The highest BCUT2D eigenvalue weighted by molar-refractivity contribution is 7.98. The number of carbonyl (C=O) groups is 1. The minimum absolute atomic E-state index is 0.0139. The number of benzene rings is 2. The maximum Gasteiger partial charge on any atom is 0.282 e. The molecule has 0 unspecified atom stereocenters. The van der Waals surface area contributed by atoms with Gasteiger partial charge in [-0.15, -0.1) is 11.8 Å². The van der Waals surface area contributed by atoms with Crippen molar-refractivity contribution in [2.75, 3.05) is 11.6 Å². The molecule has 0 saturated heterocycles. The third-order valence-electron chi connectivity index (χ3n) is 4.04. The van der Waals surface area contributed by atoms with E-state index in [1.807, 2.05) is 26.2 Å². The van der Waals surface area contributed by atoms with Crippen LogP contribution < -0.4 is 5.32 Å². The van der Waals surface area contributed by atoms with Crippen molar-refractivity contribution in [1.29, 1.82) is 0 Å². The van der Waals surface area contributed by atoms with Crippen molar-refractivity contribution in [2.45, 2.75) is 18.7 Å². The van der Waals surface area contributed by atoms with E-state index in [-0.39, 0.29) is 11.3 Å². The third kappa shape index (κ3) is 4.01. The fourth-order valence-corrected chi connectivity index (χ4v) is 2.95. The van der Waals surface area contributed by atoms with Gasteiger partial charge >= 0.3 is 0 Å². The van der Waals surface area contributed by atoms with Crippen LogP contribution in [0.1, 0.15) is 21.8 Å². The molecule has 7 nitrogen and oxygen atoms in total. The highest BCUT2D eigenvalue weighted by atomic mass is 32.2. The van der Waals surface area contributed by atoms with E-state index in [2.05, 4.69) is 10.3 Å².